The highest BCUT2D eigenvalue weighted by molar-refractivity contribution is 7.07. The SMILES string of the molecule is CCNCC1(CCc2ccsc2)CCOC1C1CC1. The van der Waals surface area contributed by atoms with Crippen molar-refractivity contribution in [1.82, 2.24) is 5.32 Å². The van der Waals surface area contributed by atoms with Crippen molar-refractivity contribution in [2.24, 2.45) is 11.3 Å². The summed E-state index contributed by atoms with van der Waals surface area (Å²) in [5, 5.41) is 8.08. The number of nitrogens with one attached hydrogen (secondary N) is 1. The van der Waals surface area contributed by atoms with E-state index in [9.17, 15) is 0 Å². The number of hydrogen-bond donors (Lipinski definition) is 1. The second-order valence-corrected chi connectivity index (χ2v) is 6.93. The van der Waals surface area contributed by atoms with Crippen LogP contribution in [-0.4, -0.2) is 25.8 Å². The summed E-state index contributed by atoms with van der Waals surface area (Å²) in [5.41, 5.74) is 1.89. The van der Waals surface area contributed by atoms with Gasteiger partial charge in [0.05, 0.1) is 6.10 Å². The van der Waals surface area contributed by atoms with E-state index < -0.39 is 0 Å². The van der Waals surface area contributed by atoms with Crippen molar-refractivity contribution >= 4 is 11.3 Å². The van der Waals surface area contributed by atoms with Gasteiger partial charge in [0.15, 0.2) is 0 Å². The van der Waals surface area contributed by atoms with E-state index in [-0.39, 0.29) is 0 Å². The molecular formula is C16H25NOS. The largest absolute Gasteiger partial charge is 0.377 e. The van der Waals surface area contributed by atoms with Crippen molar-refractivity contribution in [2.45, 2.75) is 45.1 Å². The van der Waals surface area contributed by atoms with Crippen LogP contribution < -0.4 is 5.32 Å². The van der Waals surface area contributed by atoms with Crippen molar-refractivity contribution in [3.05, 3.63) is 22.4 Å². The maximum absolute atomic E-state index is 6.12. The van der Waals surface area contributed by atoms with Crippen molar-refractivity contribution in [2.75, 3.05) is 19.7 Å². The molecule has 1 aromatic heterocycles. The van der Waals surface area contributed by atoms with Crippen molar-refractivity contribution < 1.29 is 4.74 Å². The van der Waals surface area contributed by atoms with Gasteiger partial charge < -0.3 is 10.1 Å². The summed E-state index contributed by atoms with van der Waals surface area (Å²) in [6.45, 7) is 5.37. The van der Waals surface area contributed by atoms with E-state index in [1.165, 1.54) is 37.7 Å². The molecule has 1 saturated carbocycles. The Morgan fingerprint density at radius 3 is 3.05 bits per heavy atom. The molecule has 3 rings (SSSR count). The third kappa shape index (κ3) is 3.04. The number of rotatable bonds is 7. The van der Waals surface area contributed by atoms with Crippen LogP contribution in [0.1, 0.15) is 38.2 Å². The van der Waals surface area contributed by atoms with Crippen LogP contribution in [0.4, 0.5) is 0 Å². The highest BCUT2D eigenvalue weighted by atomic mass is 32.1. The molecule has 0 aromatic carbocycles. The molecule has 106 valence electrons. The van der Waals surface area contributed by atoms with Gasteiger partial charge in [-0.05, 0) is 67.0 Å². The van der Waals surface area contributed by atoms with Gasteiger partial charge in [0, 0.05) is 18.6 Å². The Balaban J connectivity index is 1.68. The summed E-state index contributed by atoms with van der Waals surface area (Å²) >= 11 is 1.81. The molecule has 2 aliphatic rings. The number of hydrogen-bond acceptors (Lipinski definition) is 3. The Morgan fingerprint density at radius 2 is 2.37 bits per heavy atom. The van der Waals surface area contributed by atoms with E-state index in [4.69, 9.17) is 4.74 Å². The van der Waals surface area contributed by atoms with Crippen LogP contribution in [0.15, 0.2) is 16.8 Å². The van der Waals surface area contributed by atoms with E-state index >= 15 is 0 Å². The van der Waals surface area contributed by atoms with E-state index in [0.717, 1.165) is 25.6 Å². The molecule has 0 amide bonds. The average molecular weight is 279 g/mol. The molecule has 1 N–H and O–H groups in total. The lowest BCUT2D eigenvalue weighted by Crippen LogP contribution is -2.42. The maximum atomic E-state index is 6.12. The average Bonchev–Trinajstić information content (AvgIpc) is 2.98. The molecule has 0 bridgehead atoms. The first kappa shape index (κ1) is 13.6. The zero-order valence-electron chi connectivity index (χ0n) is 11.9. The van der Waals surface area contributed by atoms with Crippen LogP contribution in [0.3, 0.4) is 0 Å². The fourth-order valence-electron chi connectivity index (χ4n) is 3.49. The van der Waals surface area contributed by atoms with Crippen LogP contribution in [0.25, 0.3) is 0 Å². The minimum absolute atomic E-state index is 0.388. The third-order valence-electron chi connectivity index (χ3n) is 4.77. The zero-order chi connectivity index (χ0) is 13.1. The first-order valence-corrected chi connectivity index (χ1v) is 8.62. The van der Waals surface area contributed by atoms with Gasteiger partial charge in [-0.3, -0.25) is 0 Å². The quantitative estimate of drug-likeness (QED) is 0.825. The summed E-state index contributed by atoms with van der Waals surface area (Å²) in [7, 11) is 0. The smallest absolute Gasteiger partial charge is 0.0672 e. The summed E-state index contributed by atoms with van der Waals surface area (Å²) in [6, 6.07) is 2.27. The molecule has 2 atom stereocenters. The zero-order valence-corrected chi connectivity index (χ0v) is 12.7. The Labute approximate surface area is 120 Å². The second kappa shape index (κ2) is 5.94. The number of thiophene rings is 1. The first-order chi connectivity index (χ1) is 9.34. The summed E-state index contributed by atoms with van der Waals surface area (Å²) in [5.74, 6) is 0.851. The van der Waals surface area contributed by atoms with Gasteiger partial charge in [-0.25, -0.2) is 0 Å². The highest BCUT2D eigenvalue weighted by Gasteiger charge is 2.50. The summed E-state index contributed by atoms with van der Waals surface area (Å²) in [6.07, 6.45) is 7.02. The molecule has 3 heteroatoms. The third-order valence-corrected chi connectivity index (χ3v) is 5.50. The van der Waals surface area contributed by atoms with Crippen molar-refractivity contribution in [3.63, 3.8) is 0 Å². The van der Waals surface area contributed by atoms with Gasteiger partial charge in [-0.2, -0.15) is 11.3 Å². The van der Waals surface area contributed by atoms with Crippen molar-refractivity contribution in [1.29, 1.82) is 0 Å². The molecule has 1 aromatic rings. The Bertz CT molecular complexity index is 387. The molecule has 19 heavy (non-hydrogen) atoms. The molecule has 2 heterocycles. The van der Waals surface area contributed by atoms with Crippen LogP contribution in [0, 0.1) is 11.3 Å². The second-order valence-electron chi connectivity index (χ2n) is 6.15. The van der Waals surface area contributed by atoms with Crippen LogP contribution >= 0.6 is 11.3 Å². The lowest BCUT2D eigenvalue weighted by atomic mass is 9.74. The van der Waals surface area contributed by atoms with Crippen LogP contribution in [0.2, 0.25) is 0 Å². The Kier molecular flexibility index (Phi) is 4.25. The molecule has 1 aliphatic heterocycles. The van der Waals surface area contributed by atoms with Crippen LogP contribution in [-0.2, 0) is 11.2 Å². The van der Waals surface area contributed by atoms with Gasteiger partial charge in [0.2, 0.25) is 0 Å². The maximum Gasteiger partial charge on any atom is 0.0672 e. The molecule has 1 saturated heterocycles. The van der Waals surface area contributed by atoms with E-state index in [1.807, 2.05) is 11.3 Å². The fourth-order valence-corrected chi connectivity index (χ4v) is 4.19. The van der Waals surface area contributed by atoms with E-state index in [0.29, 0.717) is 11.5 Å². The minimum atomic E-state index is 0.388. The predicted octanol–water partition coefficient (Wildman–Crippen LogP) is 3.48. The minimum Gasteiger partial charge on any atom is -0.377 e. The standard InChI is InChI=1S/C16H25NOS/c1-2-17-12-16(7-5-13-6-10-19-11-13)8-9-18-15(16)14-3-4-14/h6,10-11,14-15,17H,2-5,7-9,12H2,1H3. The normalized spacial score (nSPS) is 30.9. The summed E-state index contributed by atoms with van der Waals surface area (Å²) < 4.78 is 6.12. The number of aryl methyl sites for hydroxylation is 1. The molecule has 2 nitrogen and oxygen atoms in total. The Hall–Kier alpha value is -0.380. The topological polar surface area (TPSA) is 21.3 Å². The first-order valence-electron chi connectivity index (χ1n) is 7.67. The van der Waals surface area contributed by atoms with Gasteiger partial charge in [0.25, 0.3) is 0 Å². The van der Waals surface area contributed by atoms with Crippen LogP contribution in [0.5, 0.6) is 0 Å². The van der Waals surface area contributed by atoms with Gasteiger partial charge >= 0.3 is 0 Å². The monoisotopic (exact) mass is 279 g/mol. The molecule has 1 aliphatic carbocycles. The molecule has 0 spiro atoms. The van der Waals surface area contributed by atoms with E-state index in [1.54, 1.807) is 0 Å². The highest BCUT2D eigenvalue weighted by Crippen LogP contribution is 2.49. The molecule has 0 radical (unpaired) electrons. The molecular weight excluding hydrogens is 254 g/mol. The fraction of sp³-hybridized carbons (Fsp3) is 0.750. The Morgan fingerprint density at radius 1 is 1.47 bits per heavy atom. The summed E-state index contributed by atoms with van der Waals surface area (Å²) in [4.78, 5) is 0. The van der Waals surface area contributed by atoms with E-state index in [2.05, 4.69) is 29.1 Å². The molecule has 2 fully saturated rings. The number of ether oxygens (including phenoxy) is 1. The van der Waals surface area contributed by atoms with Gasteiger partial charge in [-0.15, -0.1) is 0 Å². The lowest BCUT2D eigenvalue weighted by molar-refractivity contribution is 0.0269. The lowest BCUT2D eigenvalue weighted by Gasteiger charge is -2.35. The predicted molar refractivity (Wildman–Crippen MR) is 80.7 cm³/mol. The van der Waals surface area contributed by atoms with Gasteiger partial charge in [0.1, 0.15) is 0 Å². The van der Waals surface area contributed by atoms with Gasteiger partial charge in [-0.1, -0.05) is 6.92 Å². The molecule has 2 unspecified atom stereocenters. The van der Waals surface area contributed by atoms with Crippen molar-refractivity contribution in [3.8, 4) is 0 Å².